The number of aromatic nitrogens is 1. The fourth-order valence-corrected chi connectivity index (χ4v) is 5.30. The van der Waals surface area contributed by atoms with E-state index in [4.69, 9.17) is 16.3 Å². The zero-order valence-corrected chi connectivity index (χ0v) is 21.4. The van der Waals surface area contributed by atoms with Crippen molar-refractivity contribution in [2.75, 3.05) is 9.62 Å². The van der Waals surface area contributed by atoms with E-state index >= 15 is 4.39 Å². The molecule has 35 heavy (non-hydrogen) atoms. The molecular formula is C22H21ClF3N3O4S2. The molecule has 3 rings (SSSR count). The summed E-state index contributed by atoms with van der Waals surface area (Å²) in [6.45, 7) is 6.03. The van der Waals surface area contributed by atoms with Crippen LogP contribution >= 0.6 is 22.9 Å². The van der Waals surface area contributed by atoms with Gasteiger partial charge >= 0.3 is 6.09 Å². The Labute approximate surface area is 209 Å². The summed E-state index contributed by atoms with van der Waals surface area (Å²) >= 11 is 7.11. The van der Waals surface area contributed by atoms with E-state index in [0.29, 0.717) is 0 Å². The van der Waals surface area contributed by atoms with Crippen LogP contribution in [0.25, 0.3) is 0 Å². The number of carbonyl (C=O) groups is 1. The molecule has 2 aromatic carbocycles. The number of amides is 1. The molecule has 0 unspecified atom stereocenters. The summed E-state index contributed by atoms with van der Waals surface area (Å²) in [5.41, 5.74) is -0.179. The van der Waals surface area contributed by atoms with Crippen molar-refractivity contribution in [2.24, 2.45) is 0 Å². The maximum absolute atomic E-state index is 15.3. The van der Waals surface area contributed by atoms with Gasteiger partial charge in [-0.1, -0.05) is 17.7 Å². The highest BCUT2D eigenvalue weighted by Crippen LogP contribution is 2.35. The third kappa shape index (κ3) is 5.71. The van der Waals surface area contributed by atoms with Gasteiger partial charge in [0.2, 0.25) is 0 Å². The zero-order chi connectivity index (χ0) is 26.1. The smallest absolute Gasteiger partial charge is 0.430 e. The molecule has 1 N–H and O–H groups in total. The quantitative estimate of drug-likeness (QED) is 0.378. The number of nitrogens with one attached hydrogen (secondary N) is 1. The van der Waals surface area contributed by atoms with Gasteiger partial charge in [-0.3, -0.25) is 0 Å². The minimum atomic E-state index is -4.86. The predicted octanol–water partition coefficient (Wildman–Crippen LogP) is 6.52. The van der Waals surface area contributed by atoms with Gasteiger partial charge in [0.25, 0.3) is 10.0 Å². The van der Waals surface area contributed by atoms with Crippen LogP contribution in [0.4, 0.5) is 29.5 Å². The molecule has 0 bridgehead atoms. The lowest BCUT2D eigenvalue weighted by molar-refractivity contribution is 0.0608. The second-order valence-corrected chi connectivity index (χ2v) is 11.2. The number of anilines is 2. The lowest BCUT2D eigenvalue weighted by Crippen LogP contribution is -2.41. The van der Waals surface area contributed by atoms with Crippen LogP contribution in [0.2, 0.25) is 5.02 Å². The molecule has 1 amide bonds. The van der Waals surface area contributed by atoms with E-state index in [0.717, 1.165) is 35.6 Å². The fourth-order valence-electron chi connectivity index (χ4n) is 3.10. The summed E-state index contributed by atoms with van der Waals surface area (Å²) in [5, 5.41) is 3.30. The molecule has 0 aliphatic carbocycles. The van der Waals surface area contributed by atoms with Gasteiger partial charge in [-0.15, -0.1) is 15.6 Å². The Hall–Kier alpha value is -2.83. The first-order valence-corrected chi connectivity index (χ1v) is 12.8. The Morgan fingerprint density at radius 2 is 1.80 bits per heavy atom. The van der Waals surface area contributed by atoms with E-state index in [2.05, 4.69) is 10.3 Å². The van der Waals surface area contributed by atoms with Crippen LogP contribution in [0.3, 0.4) is 0 Å². The summed E-state index contributed by atoms with van der Waals surface area (Å²) in [7, 11) is -4.86. The van der Waals surface area contributed by atoms with Crippen molar-refractivity contribution in [3.8, 4) is 0 Å². The molecular weight excluding hydrogens is 527 g/mol. The molecule has 1 heterocycles. The Morgan fingerprint density at radius 3 is 2.34 bits per heavy atom. The second kappa shape index (κ2) is 10.0. The van der Waals surface area contributed by atoms with Crippen LogP contribution in [0.15, 0.2) is 46.1 Å². The minimum absolute atomic E-state index is 0.115. The van der Waals surface area contributed by atoms with Crippen LogP contribution in [0.5, 0.6) is 0 Å². The average Bonchev–Trinajstić information content (AvgIpc) is 3.23. The number of halogens is 4. The molecule has 0 fully saturated rings. The SMILES string of the molecule is C[C@H](Nc1ccc(S(=O)(=O)N(C(=O)OC(C)(C)C)c2cscn2)c(F)c1Cl)c1c(F)cccc1F. The molecule has 188 valence electrons. The lowest BCUT2D eigenvalue weighted by Gasteiger charge is -2.26. The highest BCUT2D eigenvalue weighted by molar-refractivity contribution is 7.93. The van der Waals surface area contributed by atoms with Crippen LogP contribution in [-0.2, 0) is 14.8 Å². The van der Waals surface area contributed by atoms with Gasteiger partial charge in [0.1, 0.15) is 27.2 Å². The van der Waals surface area contributed by atoms with Crippen molar-refractivity contribution in [1.29, 1.82) is 0 Å². The van der Waals surface area contributed by atoms with E-state index in [1.54, 1.807) is 0 Å². The van der Waals surface area contributed by atoms with Crippen LogP contribution in [0.1, 0.15) is 39.3 Å². The Balaban J connectivity index is 2.01. The maximum atomic E-state index is 15.3. The number of thiazole rings is 1. The number of rotatable bonds is 6. The monoisotopic (exact) mass is 547 g/mol. The number of sulfonamides is 1. The first kappa shape index (κ1) is 26.8. The number of benzene rings is 2. The van der Waals surface area contributed by atoms with E-state index < -0.39 is 55.1 Å². The molecule has 0 saturated carbocycles. The summed E-state index contributed by atoms with van der Waals surface area (Å²) in [6.07, 6.45) is -1.29. The Kier molecular flexibility index (Phi) is 7.68. The highest BCUT2D eigenvalue weighted by atomic mass is 35.5. The maximum Gasteiger partial charge on any atom is 0.430 e. The molecule has 1 aromatic heterocycles. The van der Waals surface area contributed by atoms with Gasteiger partial charge < -0.3 is 10.1 Å². The molecule has 13 heteroatoms. The van der Waals surface area contributed by atoms with Crippen molar-refractivity contribution in [3.63, 3.8) is 0 Å². The standard InChI is InChI=1S/C22H21ClF3N3O4S2/c1-12(18-13(24)6-5-7-14(18)25)28-15-8-9-16(20(26)19(15)23)35(31,32)29(17-10-34-11-27-17)21(30)33-22(2,3)4/h5-12,28H,1-4H3/t12-/m0/s1. The van der Waals surface area contributed by atoms with Crippen molar-refractivity contribution < 1.29 is 31.1 Å². The average molecular weight is 548 g/mol. The predicted molar refractivity (Wildman–Crippen MR) is 128 cm³/mol. The number of hydrogen-bond acceptors (Lipinski definition) is 7. The molecule has 0 radical (unpaired) electrons. The first-order chi connectivity index (χ1) is 16.2. The van der Waals surface area contributed by atoms with Crippen LogP contribution < -0.4 is 9.62 Å². The number of nitrogens with zero attached hydrogens (tertiary/aromatic N) is 2. The molecule has 0 saturated heterocycles. The minimum Gasteiger partial charge on any atom is -0.443 e. The largest absolute Gasteiger partial charge is 0.443 e. The van der Waals surface area contributed by atoms with Crippen molar-refractivity contribution in [1.82, 2.24) is 4.98 Å². The van der Waals surface area contributed by atoms with Gasteiger partial charge in [0.05, 0.1) is 17.2 Å². The Morgan fingerprint density at radius 1 is 1.17 bits per heavy atom. The third-order valence-corrected chi connectivity index (χ3v) is 7.19. The van der Waals surface area contributed by atoms with E-state index in [-0.39, 0.29) is 21.4 Å². The number of carbonyl (C=O) groups excluding carboxylic acids is 1. The molecule has 1 atom stereocenters. The Bertz CT molecular complexity index is 1330. The molecule has 0 spiro atoms. The molecule has 7 nitrogen and oxygen atoms in total. The van der Waals surface area contributed by atoms with Crippen molar-refractivity contribution in [3.05, 3.63) is 69.3 Å². The van der Waals surface area contributed by atoms with E-state index in [1.807, 2.05) is 0 Å². The highest BCUT2D eigenvalue weighted by Gasteiger charge is 2.38. The third-order valence-electron chi connectivity index (χ3n) is 4.56. The molecule has 0 aliphatic rings. The van der Waals surface area contributed by atoms with Gasteiger partial charge in [-0.05, 0) is 52.0 Å². The number of hydrogen-bond donors (Lipinski definition) is 1. The van der Waals surface area contributed by atoms with Crippen LogP contribution in [0, 0.1) is 17.5 Å². The molecule has 3 aromatic rings. The normalized spacial score (nSPS) is 12.8. The van der Waals surface area contributed by atoms with Gasteiger partial charge in [-0.2, -0.15) is 0 Å². The summed E-state index contributed by atoms with van der Waals surface area (Å²) in [5.74, 6) is -3.30. The number of ether oxygens (including phenoxy) is 1. The molecule has 0 aliphatic heterocycles. The fraction of sp³-hybridized carbons (Fsp3) is 0.273. The van der Waals surface area contributed by atoms with Gasteiger partial charge in [0, 0.05) is 10.9 Å². The van der Waals surface area contributed by atoms with Crippen molar-refractivity contribution in [2.45, 2.75) is 44.2 Å². The van der Waals surface area contributed by atoms with E-state index in [9.17, 15) is 22.0 Å². The van der Waals surface area contributed by atoms with Crippen molar-refractivity contribution >= 4 is 50.6 Å². The first-order valence-electron chi connectivity index (χ1n) is 10.1. The second-order valence-electron chi connectivity index (χ2n) is 8.34. The van der Waals surface area contributed by atoms with E-state index in [1.165, 1.54) is 44.7 Å². The summed E-state index contributed by atoms with van der Waals surface area (Å²) in [6, 6.07) is 4.36. The lowest BCUT2D eigenvalue weighted by atomic mass is 10.1. The van der Waals surface area contributed by atoms with Gasteiger partial charge in [-0.25, -0.2) is 31.4 Å². The zero-order valence-electron chi connectivity index (χ0n) is 19.0. The topological polar surface area (TPSA) is 88.6 Å². The van der Waals surface area contributed by atoms with Crippen LogP contribution in [-0.4, -0.2) is 25.1 Å². The summed E-state index contributed by atoms with van der Waals surface area (Å²) < 4.78 is 75.6. The summed E-state index contributed by atoms with van der Waals surface area (Å²) in [4.78, 5) is 15.7. The van der Waals surface area contributed by atoms with Gasteiger partial charge in [0.15, 0.2) is 11.6 Å².